The number of carbonyl (C=O) groups is 3. The van der Waals surface area contributed by atoms with E-state index in [1.54, 1.807) is 36.7 Å². The predicted molar refractivity (Wildman–Crippen MR) is 97.0 cm³/mol. The molecule has 2 atom stereocenters. The third-order valence-electron chi connectivity index (χ3n) is 5.59. The molecule has 0 N–H and O–H groups in total. The van der Waals surface area contributed by atoms with Gasteiger partial charge in [-0.2, -0.15) is 0 Å². The van der Waals surface area contributed by atoms with Gasteiger partial charge in [-0.05, 0) is 36.5 Å². The first-order chi connectivity index (χ1) is 12.6. The summed E-state index contributed by atoms with van der Waals surface area (Å²) in [5.41, 5.74) is 2.98. The van der Waals surface area contributed by atoms with E-state index in [0.29, 0.717) is 28.7 Å². The summed E-state index contributed by atoms with van der Waals surface area (Å²) in [5.74, 6) is -0.676. The summed E-state index contributed by atoms with van der Waals surface area (Å²) in [5, 5.41) is 0. The molecular weight excluding hydrogens is 326 g/mol. The lowest BCUT2D eigenvalue weighted by atomic mass is 9.66. The Morgan fingerprint density at radius 1 is 0.962 bits per heavy atom. The smallest absolute Gasteiger partial charge is 0.190 e. The van der Waals surface area contributed by atoms with Crippen LogP contribution < -0.4 is 0 Å². The highest BCUT2D eigenvalue weighted by Gasteiger charge is 2.43. The molecule has 0 fully saturated rings. The monoisotopic (exact) mass is 345 g/mol. The zero-order valence-electron chi connectivity index (χ0n) is 14.6. The van der Waals surface area contributed by atoms with Gasteiger partial charge in [-0.15, -0.1) is 0 Å². The van der Waals surface area contributed by atoms with Crippen molar-refractivity contribution in [2.45, 2.75) is 26.2 Å². The van der Waals surface area contributed by atoms with Crippen LogP contribution in [-0.2, 0) is 11.2 Å². The molecule has 1 aromatic heterocycles. The number of hydrogen-bond donors (Lipinski definition) is 0. The third kappa shape index (κ3) is 2.62. The topological polar surface area (TPSA) is 64.1 Å². The molecule has 2 aliphatic carbocycles. The second kappa shape index (κ2) is 6.45. The maximum absolute atomic E-state index is 13.1. The number of aryl methyl sites for hydroxylation is 1. The van der Waals surface area contributed by atoms with E-state index in [0.717, 1.165) is 12.0 Å². The second-order valence-corrected chi connectivity index (χ2v) is 7.03. The van der Waals surface area contributed by atoms with Crippen LogP contribution in [-0.4, -0.2) is 22.3 Å². The van der Waals surface area contributed by atoms with Gasteiger partial charge in [0, 0.05) is 47.0 Å². The Bertz CT molecular complexity index is 943. The number of carbonyl (C=O) groups excluding carboxylic acids is 3. The van der Waals surface area contributed by atoms with Gasteiger partial charge < -0.3 is 0 Å². The molecule has 0 radical (unpaired) electrons. The molecule has 0 saturated heterocycles. The van der Waals surface area contributed by atoms with E-state index < -0.39 is 0 Å². The van der Waals surface area contributed by atoms with Crippen molar-refractivity contribution in [3.8, 4) is 0 Å². The van der Waals surface area contributed by atoms with Crippen molar-refractivity contribution < 1.29 is 14.4 Å². The Morgan fingerprint density at radius 2 is 1.62 bits per heavy atom. The van der Waals surface area contributed by atoms with Crippen molar-refractivity contribution in [2.75, 3.05) is 0 Å². The Labute approximate surface area is 152 Å². The van der Waals surface area contributed by atoms with E-state index in [2.05, 4.69) is 4.98 Å². The van der Waals surface area contributed by atoms with E-state index in [9.17, 15) is 14.4 Å². The van der Waals surface area contributed by atoms with Gasteiger partial charge in [0.2, 0.25) is 0 Å². The van der Waals surface area contributed by atoms with Gasteiger partial charge in [0.1, 0.15) is 5.78 Å². The van der Waals surface area contributed by atoms with Gasteiger partial charge in [-0.25, -0.2) is 0 Å². The Morgan fingerprint density at radius 3 is 2.31 bits per heavy atom. The van der Waals surface area contributed by atoms with E-state index in [4.69, 9.17) is 0 Å². The van der Waals surface area contributed by atoms with Crippen molar-refractivity contribution in [1.29, 1.82) is 0 Å². The van der Waals surface area contributed by atoms with Crippen LogP contribution in [0.2, 0.25) is 0 Å². The maximum atomic E-state index is 13.1. The zero-order chi connectivity index (χ0) is 18.3. The number of fused-ring (bicyclic) bond motifs is 1. The Kier molecular flexibility index (Phi) is 4.11. The van der Waals surface area contributed by atoms with E-state index in [1.807, 2.05) is 19.1 Å². The second-order valence-electron chi connectivity index (χ2n) is 7.03. The number of allylic oxidation sites excluding steroid dienone is 2. The van der Waals surface area contributed by atoms with Crippen LogP contribution in [0.25, 0.3) is 0 Å². The number of aromatic nitrogens is 1. The van der Waals surface area contributed by atoms with E-state index in [1.165, 1.54) is 0 Å². The lowest BCUT2D eigenvalue weighted by Crippen LogP contribution is -2.37. The summed E-state index contributed by atoms with van der Waals surface area (Å²) in [6.45, 7) is 1.88. The van der Waals surface area contributed by atoms with Crippen LogP contribution in [0.15, 0.2) is 59.9 Å². The molecule has 26 heavy (non-hydrogen) atoms. The zero-order valence-corrected chi connectivity index (χ0v) is 14.6. The fraction of sp³-hybridized carbons (Fsp3) is 0.273. The quantitative estimate of drug-likeness (QED) is 0.852. The summed E-state index contributed by atoms with van der Waals surface area (Å²) in [4.78, 5) is 42.6. The third-order valence-corrected chi connectivity index (χ3v) is 5.59. The molecule has 4 nitrogen and oxygen atoms in total. The van der Waals surface area contributed by atoms with Gasteiger partial charge >= 0.3 is 0 Å². The highest BCUT2D eigenvalue weighted by molar-refractivity contribution is 6.28. The van der Waals surface area contributed by atoms with Crippen molar-refractivity contribution >= 4 is 17.3 Å². The molecule has 2 unspecified atom stereocenters. The number of pyridine rings is 1. The normalized spacial score (nSPS) is 22.3. The van der Waals surface area contributed by atoms with Gasteiger partial charge in [0.05, 0.1) is 0 Å². The molecule has 1 aromatic carbocycles. The van der Waals surface area contributed by atoms with Crippen LogP contribution in [0.1, 0.15) is 46.0 Å². The molecule has 1 heterocycles. The van der Waals surface area contributed by atoms with Crippen LogP contribution in [0.3, 0.4) is 0 Å². The van der Waals surface area contributed by atoms with E-state index >= 15 is 0 Å². The first-order valence-electron chi connectivity index (χ1n) is 8.91. The summed E-state index contributed by atoms with van der Waals surface area (Å²) >= 11 is 0. The van der Waals surface area contributed by atoms with Gasteiger partial charge in [0.25, 0.3) is 0 Å². The summed E-state index contributed by atoms with van der Waals surface area (Å²) in [7, 11) is 0. The standard InChI is InChI=1S/C22H19NO3/c1-13-15(7-6-14-8-10-23-11-9-14)20-18(12-19(13)24)21(25)16-4-2-3-5-17(16)22(20)26/h2-5,8-11,13,15H,6-7,12H2,1H3. The summed E-state index contributed by atoms with van der Waals surface area (Å²) in [6.07, 6.45) is 4.95. The molecule has 2 aromatic rings. The van der Waals surface area contributed by atoms with Crippen molar-refractivity contribution in [2.24, 2.45) is 11.8 Å². The van der Waals surface area contributed by atoms with Gasteiger partial charge in [-0.3, -0.25) is 19.4 Å². The highest BCUT2D eigenvalue weighted by Crippen LogP contribution is 2.41. The molecule has 0 amide bonds. The minimum atomic E-state index is -0.252. The number of Topliss-reactive ketones (excluding diaryl/α,β-unsaturated/α-hetero) is 3. The van der Waals surface area contributed by atoms with Crippen molar-refractivity contribution in [3.05, 3.63) is 76.6 Å². The van der Waals surface area contributed by atoms with Gasteiger partial charge in [-0.1, -0.05) is 31.2 Å². The number of nitrogens with zero attached hydrogens (tertiary/aromatic N) is 1. The lowest BCUT2D eigenvalue weighted by molar-refractivity contribution is -0.123. The number of rotatable bonds is 3. The van der Waals surface area contributed by atoms with Crippen LogP contribution in [0, 0.1) is 11.8 Å². The Balaban J connectivity index is 1.73. The minimum Gasteiger partial charge on any atom is -0.299 e. The van der Waals surface area contributed by atoms with Crippen LogP contribution in [0.5, 0.6) is 0 Å². The summed E-state index contributed by atoms with van der Waals surface area (Å²) in [6, 6.07) is 10.8. The molecular formula is C22H19NO3. The van der Waals surface area contributed by atoms with Crippen molar-refractivity contribution in [3.63, 3.8) is 0 Å². The lowest BCUT2D eigenvalue weighted by Gasteiger charge is -2.34. The minimum absolute atomic E-state index is 0.0454. The fourth-order valence-corrected chi connectivity index (χ4v) is 4.09. The molecule has 130 valence electrons. The number of benzene rings is 1. The van der Waals surface area contributed by atoms with E-state index in [-0.39, 0.29) is 35.6 Å². The molecule has 0 bridgehead atoms. The highest BCUT2D eigenvalue weighted by atomic mass is 16.1. The predicted octanol–water partition coefficient (Wildman–Crippen LogP) is 3.62. The summed E-state index contributed by atoms with van der Waals surface area (Å²) < 4.78 is 0. The number of ketones is 3. The average molecular weight is 345 g/mol. The number of hydrogen-bond acceptors (Lipinski definition) is 4. The Hall–Kier alpha value is -2.88. The van der Waals surface area contributed by atoms with Gasteiger partial charge in [0.15, 0.2) is 11.6 Å². The SMILES string of the molecule is CC1C(=O)CC2=C(C(=O)c3ccccc3C2=O)C1CCc1ccncc1. The fourth-order valence-electron chi connectivity index (χ4n) is 4.09. The average Bonchev–Trinajstić information content (AvgIpc) is 2.67. The van der Waals surface area contributed by atoms with Crippen LogP contribution >= 0.6 is 0 Å². The van der Waals surface area contributed by atoms with Crippen LogP contribution in [0.4, 0.5) is 0 Å². The maximum Gasteiger partial charge on any atom is 0.190 e. The molecule has 0 saturated carbocycles. The first kappa shape index (κ1) is 16.6. The van der Waals surface area contributed by atoms with Crippen molar-refractivity contribution in [1.82, 2.24) is 4.98 Å². The molecule has 0 spiro atoms. The molecule has 4 heteroatoms. The molecule has 0 aliphatic heterocycles. The molecule has 4 rings (SSSR count). The molecule has 2 aliphatic rings. The first-order valence-corrected chi connectivity index (χ1v) is 8.91. The largest absolute Gasteiger partial charge is 0.299 e.